The lowest BCUT2D eigenvalue weighted by Crippen LogP contribution is -2.58. The summed E-state index contributed by atoms with van der Waals surface area (Å²) in [5.41, 5.74) is 2.95. The predicted molar refractivity (Wildman–Crippen MR) is 159 cm³/mol. The molecule has 4 nitrogen and oxygen atoms in total. The van der Waals surface area contributed by atoms with E-state index in [2.05, 4.69) is 61.4 Å². The Bertz CT molecular complexity index is 1510. The third-order valence-corrected chi connectivity index (χ3v) is 6.42. The van der Waals surface area contributed by atoms with Crippen LogP contribution in [0.2, 0.25) is 0 Å². The second kappa shape index (κ2) is 15.7. The van der Waals surface area contributed by atoms with Gasteiger partial charge in [-0.25, -0.2) is 22.0 Å². The van der Waals surface area contributed by atoms with Crippen LogP contribution in [-0.4, -0.2) is 16.6 Å². The molecule has 2 N–H and O–H groups in total. The number of aryl methyl sites for hydroxylation is 4. The van der Waals surface area contributed by atoms with Gasteiger partial charge in [0.25, 0.3) is 23.0 Å². The van der Waals surface area contributed by atoms with Crippen molar-refractivity contribution in [1.29, 1.82) is 0 Å². The van der Waals surface area contributed by atoms with E-state index in [0.717, 1.165) is 23.0 Å². The molecule has 0 heterocycles. The lowest BCUT2D eigenvalue weighted by molar-refractivity contribution is -0.341. The van der Waals surface area contributed by atoms with Crippen LogP contribution >= 0.6 is 0 Å². The highest BCUT2D eigenvalue weighted by atomic mass is 19.2. The maximum Gasteiger partial charge on any atom is 0.263 e. The first-order valence-corrected chi connectivity index (χ1v) is 13.4. The number of rotatable bonds is 5. The summed E-state index contributed by atoms with van der Waals surface area (Å²) in [4.78, 5) is 0. The molecular formula is C34H30BF5O4. The average molecular weight is 608 g/mol. The zero-order valence-corrected chi connectivity index (χ0v) is 24.4. The van der Waals surface area contributed by atoms with Crippen molar-refractivity contribution < 1.29 is 41.5 Å². The summed E-state index contributed by atoms with van der Waals surface area (Å²) in [5.74, 6) is -7.55. The Morgan fingerprint density at radius 1 is 0.409 bits per heavy atom. The monoisotopic (exact) mass is 608 g/mol. The molecule has 0 aliphatic heterocycles. The van der Waals surface area contributed by atoms with Gasteiger partial charge in [-0.15, -0.1) is 0 Å². The smallest absolute Gasteiger partial charge is 0.263 e. The number of aromatic hydroxyl groups is 4. The predicted octanol–water partition coefficient (Wildman–Crippen LogP) is 6.71. The molecule has 0 saturated heterocycles. The van der Waals surface area contributed by atoms with E-state index in [4.69, 9.17) is 0 Å². The van der Waals surface area contributed by atoms with Gasteiger partial charge in [-0.3, -0.25) is 0 Å². The van der Waals surface area contributed by atoms with Crippen molar-refractivity contribution in [2.75, 3.05) is 0 Å². The van der Waals surface area contributed by atoms with Crippen molar-refractivity contribution in [1.82, 2.24) is 0 Å². The first-order chi connectivity index (χ1) is 20.9. The van der Waals surface area contributed by atoms with Crippen LogP contribution in [0.4, 0.5) is 22.0 Å². The van der Waals surface area contributed by atoms with E-state index in [1.165, 1.54) is 22.3 Å². The van der Waals surface area contributed by atoms with E-state index in [0.29, 0.717) is 0 Å². The fourth-order valence-electron chi connectivity index (χ4n) is 3.84. The molecule has 0 unspecified atom stereocenters. The van der Waals surface area contributed by atoms with Crippen LogP contribution in [0.25, 0.3) is 0 Å². The summed E-state index contributed by atoms with van der Waals surface area (Å²) < 4.78 is 71.3. The fraction of sp³-hybridized carbons (Fsp3) is 0.118. The second-order valence-corrected chi connectivity index (χ2v) is 9.69. The number of benzene rings is 5. The number of halogens is 5. The molecule has 5 aromatic carbocycles. The van der Waals surface area contributed by atoms with Crippen molar-refractivity contribution in [3.8, 4) is 23.0 Å². The van der Waals surface area contributed by atoms with E-state index < -0.39 is 41.7 Å². The Balaban J connectivity index is 0.000000181. The van der Waals surface area contributed by atoms with Gasteiger partial charge >= 0.3 is 0 Å². The summed E-state index contributed by atoms with van der Waals surface area (Å²) in [5, 5.41) is 20.2. The molecule has 0 atom stereocenters. The van der Waals surface area contributed by atoms with Gasteiger partial charge in [-0.1, -0.05) is 79.9 Å². The standard InChI is InChI=1S/2C14H14O.C6BF5O2/c2*1-11-7-3-5-9-13(11)15-14-10-6-4-8-12(14)2;8-2-1(7(13)14)3(9)5(11)6(12)4(2)10/h2*3-10H,1-2H3;/q;;-2/p+2. The van der Waals surface area contributed by atoms with Crippen LogP contribution in [0.1, 0.15) is 22.3 Å². The molecule has 44 heavy (non-hydrogen) atoms. The Kier molecular flexibility index (Phi) is 12.1. The second-order valence-electron chi connectivity index (χ2n) is 9.69. The SMILES string of the molecule is Cc1ccccc1[OH+]c1ccccc1C.Cc1ccccc1[OH+]c1ccccc1C.[O-]B([O-])c1c(F)c(F)c(F)c(F)c1F. The number of hydrogen-bond acceptors (Lipinski definition) is 2. The van der Waals surface area contributed by atoms with Crippen LogP contribution in [0, 0.1) is 56.8 Å². The van der Waals surface area contributed by atoms with Gasteiger partial charge in [0.05, 0.1) is 0 Å². The highest BCUT2D eigenvalue weighted by Crippen LogP contribution is 2.29. The highest BCUT2D eigenvalue weighted by Gasteiger charge is 2.23. The lowest BCUT2D eigenvalue weighted by Gasteiger charge is -2.27. The van der Waals surface area contributed by atoms with E-state index in [9.17, 15) is 32.0 Å². The Labute approximate surface area is 253 Å². The lowest BCUT2D eigenvalue weighted by atomic mass is 9.79. The van der Waals surface area contributed by atoms with Crippen LogP contribution in [0.5, 0.6) is 23.0 Å². The molecule has 0 aromatic heterocycles. The van der Waals surface area contributed by atoms with E-state index >= 15 is 0 Å². The average Bonchev–Trinajstić information content (AvgIpc) is 3.00. The van der Waals surface area contributed by atoms with Crippen molar-refractivity contribution in [2.24, 2.45) is 0 Å². The van der Waals surface area contributed by atoms with Crippen LogP contribution in [0.3, 0.4) is 0 Å². The Morgan fingerprint density at radius 3 is 0.864 bits per heavy atom. The first kappa shape index (κ1) is 33.8. The van der Waals surface area contributed by atoms with E-state index in [1.807, 2.05) is 72.8 Å². The van der Waals surface area contributed by atoms with Gasteiger partial charge in [-0.2, -0.15) is 0 Å². The summed E-state index contributed by atoms with van der Waals surface area (Å²) in [6.45, 7) is 8.32. The largest absolute Gasteiger partial charge is 0.889 e. The van der Waals surface area contributed by atoms with E-state index in [-0.39, 0.29) is 0 Å². The highest BCUT2D eigenvalue weighted by molar-refractivity contribution is 6.55. The number of hydrogen-bond donors (Lipinski definition) is 0. The topological polar surface area (TPSA) is 71.7 Å². The molecular weight excluding hydrogens is 578 g/mol. The van der Waals surface area contributed by atoms with E-state index in [1.54, 1.807) is 0 Å². The maximum atomic E-state index is 12.5. The van der Waals surface area contributed by atoms with Crippen LogP contribution in [-0.2, 0) is 0 Å². The van der Waals surface area contributed by atoms with Gasteiger partial charge in [0.1, 0.15) is 0 Å². The molecule has 0 aliphatic rings. The number of para-hydroxylation sites is 4. The van der Waals surface area contributed by atoms with Crippen molar-refractivity contribution in [2.45, 2.75) is 27.7 Å². The molecule has 0 aliphatic carbocycles. The van der Waals surface area contributed by atoms with Gasteiger partial charge < -0.3 is 19.5 Å². The normalized spacial score (nSPS) is 10.2. The summed E-state index contributed by atoms with van der Waals surface area (Å²) in [7, 11) is -3.26. The molecule has 0 fully saturated rings. The van der Waals surface area contributed by atoms with Gasteiger partial charge in [0, 0.05) is 46.5 Å². The van der Waals surface area contributed by atoms with Crippen molar-refractivity contribution >= 4 is 12.6 Å². The zero-order valence-electron chi connectivity index (χ0n) is 24.4. The molecule has 0 saturated carbocycles. The summed E-state index contributed by atoms with van der Waals surface area (Å²) in [6.07, 6.45) is 0. The van der Waals surface area contributed by atoms with Gasteiger partial charge in [0.2, 0.25) is 0 Å². The molecule has 5 rings (SSSR count). The van der Waals surface area contributed by atoms with Crippen LogP contribution in [0.15, 0.2) is 97.1 Å². The van der Waals surface area contributed by atoms with Crippen molar-refractivity contribution in [3.05, 3.63) is 148 Å². The molecule has 0 amide bonds. The summed E-state index contributed by atoms with van der Waals surface area (Å²) in [6, 6.07) is 32.7. The Morgan fingerprint density at radius 2 is 0.636 bits per heavy atom. The maximum absolute atomic E-state index is 12.5. The fourth-order valence-corrected chi connectivity index (χ4v) is 3.84. The molecule has 10 heteroatoms. The van der Waals surface area contributed by atoms with Gasteiger partial charge in [0.15, 0.2) is 29.1 Å². The first-order valence-electron chi connectivity index (χ1n) is 13.4. The summed E-state index contributed by atoms with van der Waals surface area (Å²) >= 11 is 0. The number of ether oxygens (including phenoxy) is 2. The molecule has 0 spiro atoms. The van der Waals surface area contributed by atoms with Gasteiger partial charge in [-0.05, 0) is 33.2 Å². The minimum atomic E-state index is -3.26. The zero-order chi connectivity index (χ0) is 32.4. The van der Waals surface area contributed by atoms with Crippen LogP contribution < -0.4 is 15.5 Å². The third-order valence-electron chi connectivity index (χ3n) is 6.42. The molecule has 0 radical (unpaired) electrons. The minimum absolute atomic E-state index is 1.05. The third kappa shape index (κ3) is 8.69. The minimum Gasteiger partial charge on any atom is -0.889 e. The molecule has 5 aromatic rings. The Hall–Kier alpha value is -4.67. The molecule has 0 bridgehead atoms. The van der Waals surface area contributed by atoms with Crippen molar-refractivity contribution in [3.63, 3.8) is 0 Å². The molecule has 228 valence electrons. The quantitative estimate of drug-likeness (QED) is 0.0732.